The van der Waals surface area contributed by atoms with Gasteiger partial charge >= 0.3 is 0 Å². The molecule has 0 aliphatic carbocycles. The number of hydrogen-bond donors (Lipinski definition) is 0. The molecule has 94 valence electrons. The maximum Gasteiger partial charge on any atom is 0.178 e. The minimum Gasteiger partial charge on any atom is -0.224 e. The van der Waals surface area contributed by atoms with Crippen LogP contribution in [0.2, 0.25) is 0 Å². The second-order valence-corrected chi connectivity index (χ2v) is 6.18. The Labute approximate surface area is 104 Å². The number of sulfone groups is 1. The predicted octanol–water partition coefficient (Wildman–Crippen LogP) is 3.38. The average Bonchev–Trinajstić information content (AvgIpc) is 2.30. The minimum atomic E-state index is -3.07. The van der Waals surface area contributed by atoms with Gasteiger partial charge in [-0.05, 0) is 43.9 Å². The lowest BCUT2D eigenvalue weighted by molar-refractivity contribution is 0.594. The maximum atomic E-state index is 11.8. The van der Waals surface area contributed by atoms with Crippen molar-refractivity contribution in [3.05, 3.63) is 42.0 Å². The highest BCUT2D eigenvalue weighted by Gasteiger charge is 2.12. The van der Waals surface area contributed by atoms with Crippen molar-refractivity contribution in [2.45, 2.75) is 38.0 Å². The van der Waals surface area contributed by atoms with E-state index in [0.29, 0.717) is 11.3 Å². The lowest BCUT2D eigenvalue weighted by Gasteiger charge is -2.04. The van der Waals surface area contributed by atoms with E-state index < -0.39 is 9.84 Å². The second-order valence-electron chi connectivity index (χ2n) is 4.07. The normalized spacial score (nSPS) is 12.1. The molecule has 0 bridgehead atoms. The third-order valence-corrected chi connectivity index (χ3v) is 4.53. The Morgan fingerprint density at radius 2 is 1.82 bits per heavy atom. The first kappa shape index (κ1) is 14.0. The summed E-state index contributed by atoms with van der Waals surface area (Å²) in [6, 6.07) is 7.25. The van der Waals surface area contributed by atoms with Gasteiger partial charge in [0.1, 0.15) is 0 Å². The van der Waals surface area contributed by atoms with Crippen LogP contribution in [0.5, 0.6) is 0 Å². The van der Waals surface area contributed by atoms with Crippen LogP contribution in [-0.4, -0.2) is 14.2 Å². The largest absolute Gasteiger partial charge is 0.224 e. The fraction of sp³-hybridized carbons (Fsp3) is 0.429. The highest BCUT2D eigenvalue weighted by Crippen LogP contribution is 2.14. The third kappa shape index (κ3) is 4.35. The summed E-state index contributed by atoms with van der Waals surface area (Å²) in [4.78, 5) is 0.439. The molecule has 1 aromatic carbocycles. The van der Waals surface area contributed by atoms with Crippen molar-refractivity contribution in [2.24, 2.45) is 0 Å². The molecule has 0 N–H and O–H groups in total. The van der Waals surface area contributed by atoms with Crippen LogP contribution >= 0.6 is 0 Å². The Bertz CT molecular complexity index is 456. The summed E-state index contributed by atoms with van der Waals surface area (Å²) in [7, 11) is -3.07. The second kappa shape index (κ2) is 6.60. The monoisotopic (exact) mass is 252 g/mol. The first-order chi connectivity index (χ1) is 8.10. The third-order valence-electron chi connectivity index (χ3n) is 2.59. The molecule has 0 heterocycles. The first-order valence-electron chi connectivity index (χ1n) is 6.03. The molecule has 17 heavy (non-hydrogen) atoms. The smallest absolute Gasteiger partial charge is 0.178 e. The Balaban J connectivity index is 2.74. The summed E-state index contributed by atoms with van der Waals surface area (Å²) in [5.41, 5.74) is 1.18. The molecule has 3 heteroatoms. The molecule has 0 atom stereocenters. The molecule has 0 aliphatic heterocycles. The van der Waals surface area contributed by atoms with E-state index in [1.54, 1.807) is 12.1 Å². The summed E-state index contributed by atoms with van der Waals surface area (Å²) in [6.07, 6.45) is 6.75. The lowest BCUT2D eigenvalue weighted by atomic mass is 10.1. The van der Waals surface area contributed by atoms with Gasteiger partial charge in [0.25, 0.3) is 0 Å². The Morgan fingerprint density at radius 1 is 1.18 bits per heavy atom. The molecule has 2 nitrogen and oxygen atoms in total. The number of benzene rings is 1. The Hall–Kier alpha value is -1.09. The highest BCUT2D eigenvalue weighted by molar-refractivity contribution is 7.91. The van der Waals surface area contributed by atoms with Crippen molar-refractivity contribution >= 4 is 9.84 Å². The fourth-order valence-corrected chi connectivity index (χ4v) is 2.99. The van der Waals surface area contributed by atoms with Crippen LogP contribution < -0.4 is 0 Å². The van der Waals surface area contributed by atoms with Crippen molar-refractivity contribution in [1.29, 1.82) is 0 Å². The van der Waals surface area contributed by atoms with E-state index in [9.17, 15) is 8.42 Å². The van der Waals surface area contributed by atoms with Crippen molar-refractivity contribution in [1.82, 2.24) is 0 Å². The summed E-state index contributed by atoms with van der Waals surface area (Å²) >= 11 is 0. The summed E-state index contributed by atoms with van der Waals surface area (Å²) < 4.78 is 23.6. The van der Waals surface area contributed by atoms with E-state index in [1.807, 2.05) is 32.1 Å². The molecule has 0 amide bonds. The van der Waals surface area contributed by atoms with Crippen molar-refractivity contribution < 1.29 is 8.42 Å². The number of aryl methyl sites for hydroxylation is 1. The van der Waals surface area contributed by atoms with Gasteiger partial charge in [0.15, 0.2) is 9.84 Å². The molecule has 0 aliphatic rings. The molecular weight excluding hydrogens is 232 g/mol. The van der Waals surface area contributed by atoms with Crippen LogP contribution in [0.15, 0.2) is 41.3 Å². The van der Waals surface area contributed by atoms with Gasteiger partial charge in [-0.15, -0.1) is 0 Å². The molecular formula is C14H20O2S. The van der Waals surface area contributed by atoms with Gasteiger partial charge in [-0.3, -0.25) is 0 Å². The van der Waals surface area contributed by atoms with E-state index in [-0.39, 0.29) is 5.75 Å². The molecule has 0 spiro atoms. The van der Waals surface area contributed by atoms with E-state index in [2.05, 4.69) is 6.08 Å². The molecule has 0 radical (unpaired) electrons. The molecule has 0 saturated carbocycles. The molecule has 1 aromatic rings. The average molecular weight is 252 g/mol. The highest BCUT2D eigenvalue weighted by atomic mass is 32.2. The van der Waals surface area contributed by atoms with Crippen LogP contribution in [0, 0.1) is 0 Å². The molecule has 0 aromatic heterocycles. The van der Waals surface area contributed by atoms with Crippen LogP contribution in [-0.2, 0) is 16.3 Å². The molecule has 0 saturated heterocycles. The van der Waals surface area contributed by atoms with Gasteiger partial charge in [0.2, 0.25) is 0 Å². The maximum absolute atomic E-state index is 11.8. The van der Waals surface area contributed by atoms with Gasteiger partial charge in [0.05, 0.1) is 10.6 Å². The molecule has 0 unspecified atom stereocenters. The number of rotatable bonds is 6. The number of allylic oxidation sites excluding steroid dienone is 2. The van der Waals surface area contributed by atoms with Crippen molar-refractivity contribution in [3.63, 3.8) is 0 Å². The zero-order valence-electron chi connectivity index (χ0n) is 10.5. The van der Waals surface area contributed by atoms with Gasteiger partial charge in [-0.2, -0.15) is 0 Å². The summed E-state index contributed by atoms with van der Waals surface area (Å²) in [6.45, 7) is 3.88. The van der Waals surface area contributed by atoms with Crippen LogP contribution in [0.1, 0.15) is 32.3 Å². The number of hydrogen-bond acceptors (Lipinski definition) is 2. The first-order valence-corrected chi connectivity index (χ1v) is 7.68. The lowest BCUT2D eigenvalue weighted by Crippen LogP contribution is -2.05. The molecule has 1 rings (SSSR count). The zero-order chi connectivity index (χ0) is 12.7. The van der Waals surface area contributed by atoms with Gasteiger partial charge in [0, 0.05) is 0 Å². The van der Waals surface area contributed by atoms with Gasteiger partial charge in [-0.1, -0.05) is 31.2 Å². The van der Waals surface area contributed by atoms with Crippen LogP contribution in [0.4, 0.5) is 0 Å². The minimum absolute atomic E-state index is 0.227. The van der Waals surface area contributed by atoms with Crippen molar-refractivity contribution in [3.8, 4) is 0 Å². The van der Waals surface area contributed by atoms with E-state index in [4.69, 9.17) is 0 Å². The summed E-state index contributed by atoms with van der Waals surface area (Å²) in [5.74, 6) is 0.227. The zero-order valence-corrected chi connectivity index (χ0v) is 11.3. The van der Waals surface area contributed by atoms with Gasteiger partial charge in [-0.25, -0.2) is 8.42 Å². The quantitative estimate of drug-likeness (QED) is 0.727. The van der Waals surface area contributed by atoms with Crippen LogP contribution in [0.3, 0.4) is 0 Å². The van der Waals surface area contributed by atoms with Gasteiger partial charge < -0.3 is 0 Å². The van der Waals surface area contributed by atoms with E-state index >= 15 is 0 Å². The van der Waals surface area contributed by atoms with Crippen LogP contribution in [0.25, 0.3) is 0 Å². The Kier molecular flexibility index (Phi) is 5.42. The van der Waals surface area contributed by atoms with E-state index in [1.165, 1.54) is 5.56 Å². The predicted molar refractivity (Wildman–Crippen MR) is 71.9 cm³/mol. The molecule has 0 fully saturated rings. The summed E-state index contributed by atoms with van der Waals surface area (Å²) in [5, 5.41) is 0. The Morgan fingerprint density at radius 3 is 2.35 bits per heavy atom. The standard InChI is InChI=1S/C14H20O2S/c1-3-5-6-7-13-8-10-14(11-9-13)17(15,16)12-4-2/h3,5,8-11H,4,6-7,12H2,1-2H3/b5-3-. The SMILES string of the molecule is C/C=C\CCc1ccc(S(=O)(=O)CCC)cc1. The van der Waals surface area contributed by atoms with Crippen molar-refractivity contribution in [2.75, 3.05) is 5.75 Å². The topological polar surface area (TPSA) is 34.1 Å². The van der Waals surface area contributed by atoms with E-state index in [0.717, 1.165) is 12.8 Å². The fourth-order valence-electron chi connectivity index (χ4n) is 1.67.